The molecule has 0 aliphatic carbocycles. The molecule has 0 saturated carbocycles. The predicted molar refractivity (Wildman–Crippen MR) is 116 cm³/mol. The summed E-state index contributed by atoms with van der Waals surface area (Å²) in [4.78, 5) is 23.9. The van der Waals surface area contributed by atoms with E-state index in [1.807, 2.05) is 12.1 Å². The lowest BCUT2D eigenvalue weighted by molar-refractivity contribution is -0.115. The van der Waals surface area contributed by atoms with Crippen LogP contribution in [0.15, 0.2) is 77.7 Å². The lowest BCUT2D eigenvalue weighted by Gasteiger charge is -2.31. The summed E-state index contributed by atoms with van der Waals surface area (Å²) >= 11 is 0. The highest BCUT2D eigenvalue weighted by atomic mass is 32.2. The molecule has 0 saturated heterocycles. The number of hydrogen-bond acceptors (Lipinski definition) is 4. The van der Waals surface area contributed by atoms with Crippen LogP contribution < -0.4 is 14.9 Å². The average molecular weight is 421 g/mol. The second-order valence-electron chi connectivity index (χ2n) is 6.83. The molecule has 0 aromatic heterocycles. The smallest absolute Gasteiger partial charge is 0.265 e. The van der Waals surface area contributed by atoms with Crippen LogP contribution in [0.25, 0.3) is 11.1 Å². The maximum atomic E-state index is 13.2. The lowest BCUT2D eigenvalue weighted by atomic mass is 10.0. The van der Waals surface area contributed by atoms with E-state index in [0.717, 1.165) is 9.87 Å². The van der Waals surface area contributed by atoms with Crippen LogP contribution in [0, 0.1) is 0 Å². The average Bonchev–Trinajstić information content (AvgIpc) is 2.72. The zero-order valence-corrected chi connectivity index (χ0v) is 16.9. The van der Waals surface area contributed by atoms with Gasteiger partial charge in [0.1, 0.15) is 6.54 Å². The summed E-state index contributed by atoms with van der Waals surface area (Å²) in [5.74, 6) is -0.666. The Balaban J connectivity index is 1.60. The number of sulfonamides is 1. The monoisotopic (exact) mass is 421 g/mol. The number of nitrogens with one attached hydrogen (secondary N) is 2. The summed E-state index contributed by atoms with van der Waals surface area (Å²) in [6, 6.07) is 20.5. The number of nitrogens with zero attached hydrogens (tertiary/aromatic N) is 1. The van der Waals surface area contributed by atoms with Gasteiger partial charge in [-0.2, -0.15) is 0 Å². The van der Waals surface area contributed by atoms with Crippen molar-refractivity contribution in [1.29, 1.82) is 0 Å². The Labute approximate surface area is 174 Å². The third kappa shape index (κ3) is 3.65. The van der Waals surface area contributed by atoms with Crippen LogP contribution in [-0.2, 0) is 19.6 Å². The first kappa shape index (κ1) is 19.7. The summed E-state index contributed by atoms with van der Waals surface area (Å²) in [6.45, 7) is 1.05. The molecule has 2 N–H and O–H groups in total. The number of fused-ring (bicyclic) bond motifs is 3. The van der Waals surface area contributed by atoms with Gasteiger partial charge in [0.15, 0.2) is 0 Å². The number of carbonyl (C=O) groups excluding carboxylic acids is 2. The maximum absolute atomic E-state index is 13.2. The van der Waals surface area contributed by atoms with E-state index >= 15 is 0 Å². The first-order valence-electron chi connectivity index (χ1n) is 9.25. The van der Waals surface area contributed by atoms with Gasteiger partial charge in [-0.15, -0.1) is 0 Å². The molecule has 8 heteroatoms. The largest absolute Gasteiger partial charge is 0.326 e. The molecule has 0 unspecified atom stereocenters. The normalized spacial score (nSPS) is 13.7. The van der Waals surface area contributed by atoms with E-state index in [0.29, 0.717) is 22.6 Å². The molecule has 3 aromatic rings. The van der Waals surface area contributed by atoms with E-state index in [1.54, 1.807) is 60.7 Å². The van der Waals surface area contributed by atoms with Gasteiger partial charge in [-0.1, -0.05) is 36.4 Å². The molecule has 0 bridgehead atoms. The van der Waals surface area contributed by atoms with Gasteiger partial charge < -0.3 is 10.6 Å². The predicted octanol–water partition coefficient (Wildman–Crippen LogP) is 3.46. The van der Waals surface area contributed by atoms with Gasteiger partial charge in [0.2, 0.25) is 11.8 Å². The van der Waals surface area contributed by atoms with E-state index in [-0.39, 0.29) is 17.3 Å². The van der Waals surface area contributed by atoms with Crippen molar-refractivity contribution in [3.05, 3.63) is 72.8 Å². The zero-order valence-electron chi connectivity index (χ0n) is 16.1. The summed E-state index contributed by atoms with van der Waals surface area (Å²) < 4.78 is 27.5. The highest BCUT2D eigenvalue weighted by Gasteiger charge is 2.35. The molecule has 1 heterocycles. The van der Waals surface area contributed by atoms with Crippen LogP contribution in [0.1, 0.15) is 6.92 Å². The van der Waals surface area contributed by atoms with Crippen molar-refractivity contribution in [3.63, 3.8) is 0 Å². The van der Waals surface area contributed by atoms with Crippen molar-refractivity contribution < 1.29 is 18.0 Å². The van der Waals surface area contributed by atoms with Crippen LogP contribution in [-0.4, -0.2) is 26.8 Å². The Morgan fingerprint density at radius 2 is 1.37 bits per heavy atom. The number of amides is 2. The van der Waals surface area contributed by atoms with Crippen molar-refractivity contribution in [2.75, 3.05) is 21.5 Å². The zero-order chi connectivity index (χ0) is 21.3. The fraction of sp³-hybridized carbons (Fsp3) is 0.0909. The molecule has 7 nitrogen and oxygen atoms in total. The fourth-order valence-electron chi connectivity index (χ4n) is 3.42. The molecule has 152 valence electrons. The molecular weight excluding hydrogens is 402 g/mol. The summed E-state index contributed by atoms with van der Waals surface area (Å²) in [5.41, 5.74) is 2.95. The standard InChI is InChI=1S/C22H19N3O4S/c1-15(26)23-16-10-12-17(13-11-16)24-22(27)14-25-20-8-4-2-6-18(20)19-7-3-5-9-21(19)30(25,28)29/h2-13H,14H2,1H3,(H,23,26)(H,24,27). The van der Waals surface area contributed by atoms with Crippen molar-refractivity contribution in [1.82, 2.24) is 0 Å². The van der Waals surface area contributed by atoms with Crippen molar-refractivity contribution in [2.45, 2.75) is 11.8 Å². The number of rotatable bonds is 4. The molecule has 0 atom stereocenters. The minimum absolute atomic E-state index is 0.177. The SMILES string of the molecule is CC(=O)Nc1ccc(NC(=O)CN2c3ccccc3-c3ccccc3S2(=O)=O)cc1. The lowest BCUT2D eigenvalue weighted by Crippen LogP contribution is -2.40. The molecular formula is C22H19N3O4S. The number of anilines is 3. The minimum Gasteiger partial charge on any atom is -0.326 e. The van der Waals surface area contributed by atoms with Gasteiger partial charge in [0.05, 0.1) is 10.6 Å². The first-order chi connectivity index (χ1) is 14.4. The van der Waals surface area contributed by atoms with Gasteiger partial charge >= 0.3 is 0 Å². The Hall–Kier alpha value is -3.65. The molecule has 0 spiro atoms. The quantitative estimate of drug-likeness (QED) is 0.674. The Morgan fingerprint density at radius 1 is 0.800 bits per heavy atom. The third-order valence-corrected chi connectivity index (χ3v) is 6.51. The second kappa shape index (κ2) is 7.64. The molecule has 3 aromatic carbocycles. The van der Waals surface area contributed by atoms with Crippen LogP contribution >= 0.6 is 0 Å². The highest BCUT2D eigenvalue weighted by Crippen LogP contribution is 2.42. The minimum atomic E-state index is -3.88. The highest BCUT2D eigenvalue weighted by molar-refractivity contribution is 7.93. The summed E-state index contributed by atoms with van der Waals surface area (Å²) in [7, 11) is -3.88. The number of para-hydroxylation sites is 1. The Kier molecular flexibility index (Phi) is 5.01. The van der Waals surface area contributed by atoms with Crippen LogP contribution in [0.4, 0.5) is 17.1 Å². The molecule has 2 amide bonds. The summed E-state index contributed by atoms with van der Waals surface area (Å²) in [5, 5.41) is 5.35. The van der Waals surface area contributed by atoms with Crippen LogP contribution in [0.5, 0.6) is 0 Å². The van der Waals surface area contributed by atoms with Gasteiger partial charge in [-0.3, -0.25) is 13.9 Å². The van der Waals surface area contributed by atoms with Gasteiger partial charge in [0, 0.05) is 29.4 Å². The number of carbonyl (C=O) groups is 2. The van der Waals surface area contributed by atoms with Crippen molar-refractivity contribution in [3.8, 4) is 11.1 Å². The summed E-state index contributed by atoms with van der Waals surface area (Å²) in [6.07, 6.45) is 0. The molecule has 1 aliphatic heterocycles. The van der Waals surface area contributed by atoms with E-state index in [2.05, 4.69) is 10.6 Å². The fourth-order valence-corrected chi connectivity index (χ4v) is 5.07. The van der Waals surface area contributed by atoms with E-state index < -0.39 is 15.9 Å². The molecule has 4 rings (SSSR count). The van der Waals surface area contributed by atoms with Gasteiger partial charge in [-0.05, 0) is 36.4 Å². The van der Waals surface area contributed by atoms with Gasteiger partial charge in [-0.25, -0.2) is 8.42 Å². The van der Waals surface area contributed by atoms with Crippen LogP contribution in [0.2, 0.25) is 0 Å². The Morgan fingerprint density at radius 3 is 2.03 bits per heavy atom. The number of benzene rings is 3. The first-order valence-corrected chi connectivity index (χ1v) is 10.7. The molecule has 0 fully saturated rings. The third-order valence-electron chi connectivity index (χ3n) is 4.69. The Bertz CT molecular complexity index is 1240. The van der Waals surface area contributed by atoms with Crippen molar-refractivity contribution in [2.24, 2.45) is 0 Å². The van der Waals surface area contributed by atoms with E-state index in [9.17, 15) is 18.0 Å². The number of hydrogen-bond donors (Lipinski definition) is 2. The second-order valence-corrected chi connectivity index (χ2v) is 8.66. The van der Waals surface area contributed by atoms with Crippen molar-refractivity contribution >= 4 is 38.9 Å². The maximum Gasteiger partial charge on any atom is 0.265 e. The molecule has 1 aliphatic rings. The van der Waals surface area contributed by atoms with Crippen LogP contribution in [0.3, 0.4) is 0 Å². The molecule has 30 heavy (non-hydrogen) atoms. The van der Waals surface area contributed by atoms with E-state index in [1.165, 1.54) is 6.92 Å². The van der Waals surface area contributed by atoms with E-state index in [4.69, 9.17) is 0 Å². The molecule has 0 radical (unpaired) electrons. The van der Waals surface area contributed by atoms with Gasteiger partial charge in [0.25, 0.3) is 10.0 Å². The topological polar surface area (TPSA) is 95.6 Å².